The van der Waals surface area contributed by atoms with Gasteiger partial charge in [-0.05, 0) is 56.4 Å². The van der Waals surface area contributed by atoms with Crippen LogP contribution in [0.2, 0.25) is 0 Å². The number of nitrogens with one attached hydrogen (secondary N) is 1. The number of nitrogens with zero attached hydrogens (tertiary/aromatic N) is 1. The molecule has 4 rings (SSSR count). The van der Waals surface area contributed by atoms with Gasteiger partial charge in [-0.2, -0.15) is 0 Å². The molecule has 26 heavy (non-hydrogen) atoms. The van der Waals surface area contributed by atoms with E-state index in [0.717, 1.165) is 32.2 Å². The van der Waals surface area contributed by atoms with Crippen molar-refractivity contribution in [3.05, 3.63) is 35.9 Å². The lowest BCUT2D eigenvalue weighted by Crippen LogP contribution is -2.43. The average Bonchev–Trinajstić information content (AvgIpc) is 3.23. The number of rotatable bonds is 5. The minimum atomic E-state index is 0. The Morgan fingerprint density at radius 2 is 1.85 bits per heavy atom. The van der Waals surface area contributed by atoms with E-state index in [4.69, 9.17) is 0 Å². The molecule has 1 N–H and O–H groups in total. The van der Waals surface area contributed by atoms with Gasteiger partial charge in [0.05, 0.1) is 0 Å². The van der Waals surface area contributed by atoms with Gasteiger partial charge in [-0.1, -0.05) is 37.3 Å². The Bertz CT molecular complexity index is 581. The lowest BCUT2D eigenvalue weighted by Gasteiger charge is -2.34. The third kappa shape index (κ3) is 4.09. The quantitative estimate of drug-likeness (QED) is 0.819. The lowest BCUT2D eigenvalue weighted by atomic mass is 9.86. The van der Waals surface area contributed by atoms with Crippen LogP contribution in [0, 0.1) is 5.92 Å². The van der Waals surface area contributed by atoms with Crippen molar-refractivity contribution in [1.29, 1.82) is 0 Å². The molecule has 4 heteroatoms. The van der Waals surface area contributed by atoms with Gasteiger partial charge in [0.15, 0.2) is 0 Å². The summed E-state index contributed by atoms with van der Waals surface area (Å²) >= 11 is 0. The van der Waals surface area contributed by atoms with Gasteiger partial charge in [0.2, 0.25) is 5.91 Å². The monoisotopic (exact) mass is 376 g/mol. The highest BCUT2D eigenvalue weighted by Crippen LogP contribution is 2.36. The molecule has 0 saturated carbocycles. The molecule has 2 bridgehead atoms. The molecular weight excluding hydrogens is 344 g/mol. The number of benzene rings is 1. The molecule has 3 heterocycles. The zero-order valence-corrected chi connectivity index (χ0v) is 16.7. The highest BCUT2D eigenvalue weighted by atomic mass is 35.5. The maximum absolute atomic E-state index is 13.1. The van der Waals surface area contributed by atoms with Crippen LogP contribution in [0.5, 0.6) is 0 Å². The molecule has 4 atom stereocenters. The molecule has 3 saturated heterocycles. The number of carbonyl (C=O) groups excluding carboxylic acids is 1. The normalized spacial score (nSPS) is 31.5. The first-order valence-electron chi connectivity index (χ1n) is 10.3. The highest BCUT2D eigenvalue weighted by Gasteiger charge is 2.38. The van der Waals surface area contributed by atoms with E-state index in [9.17, 15) is 4.79 Å². The average molecular weight is 377 g/mol. The second-order valence-electron chi connectivity index (χ2n) is 8.40. The fourth-order valence-corrected chi connectivity index (χ4v) is 5.66. The van der Waals surface area contributed by atoms with Gasteiger partial charge in [-0.25, -0.2) is 0 Å². The highest BCUT2D eigenvalue weighted by molar-refractivity contribution is 5.85. The Balaban J connectivity index is 0.00000196. The maximum Gasteiger partial charge on any atom is 0.223 e. The van der Waals surface area contributed by atoms with Crippen LogP contribution in [-0.2, 0) is 4.79 Å². The van der Waals surface area contributed by atoms with Crippen molar-refractivity contribution < 1.29 is 4.79 Å². The Labute approximate surface area is 164 Å². The van der Waals surface area contributed by atoms with Gasteiger partial charge >= 0.3 is 0 Å². The molecule has 1 aromatic rings. The van der Waals surface area contributed by atoms with E-state index < -0.39 is 0 Å². The van der Waals surface area contributed by atoms with Crippen molar-refractivity contribution in [3.63, 3.8) is 0 Å². The van der Waals surface area contributed by atoms with Crippen molar-refractivity contribution in [2.75, 3.05) is 6.54 Å². The summed E-state index contributed by atoms with van der Waals surface area (Å²) in [7, 11) is 0. The topological polar surface area (TPSA) is 32.3 Å². The Hall–Kier alpha value is -1.06. The molecule has 4 unspecified atom stereocenters. The van der Waals surface area contributed by atoms with Crippen LogP contribution in [-0.4, -0.2) is 35.5 Å². The lowest BCUT2D eigenvalue weighted by molar-refractivity contribution is -0.133. The molecule has 144 valence electrons. The molecule has 3 nitrogen and oxygen atoms in total. The minimum Gasteiger partial charge on any atom is -0.339 e. The molecule has 0 radical (unpaired) electrons. The van der Waals surface area contributed by atoms with Gasteiger partial charge in [-0.3, -0.25) is 4.79 Å². The Morgan fingerprint density at radius 3 is 2.50 bits per heavy atom. The molecule has 0 aliphatic carbocycles. The van der Waals surface area contributed by atoms with E-state index in [-0.39, 0.29) is 12.4 Å². The zero-order valence-electron chi connectivity index (χ0n) is 15.9. The summed E-state index contributed by atoms with van der Waals surface area (Å²) < 4.78 is 0. The summed E-state index contributed by atoms with van der Waals surface area (Å²) in [4.78, 5) is 15.4. The van der Waals surface area contributed by atoms with Crippen molar-refractivity contribution >= 4 is 18.3 Å². The van der Waals surface area contributed by atoms with Gasteiger partial charge in [0.1, 0.15) is 0 Å². The molecule has 0 aromatic heterocycles. The molecule has 3 aliphatic rings. The smallest absolute Gasteiger partial charge is 0.223 e. The third-order valence-corrected chi connectivity index (χ3v) is 6.79. The van der Waals surface area contributed by atoms with E-state index in [0.29, 0.717) is 35.9 Å². The van der Waals surface area contributed by atoms with Crippen LogP contribution in [0.15, 0.2) is 30.3 Å². The van der Waals surface area contributed by atoms with Crippen molar-refractivity contribution in [1.82, 2.24) is 10.2 Å². The number of fused-ring (bicyclic) bond motifs is 2. The summed E-state index contributed by atoms with van der Waals surface area (Å²) in [6.45, 7) is 3.23. The maximum atomic E-state index is 13.1. The Morgan fingerprint density at radius 1 is 1.15 bits per heavy atom. The van der Waals surface area contributed by atoms with Crippen LogP contribution in [0.3, 0.4) is 0 Å². The number of hydrogen-bond acceptors (Lipinski definition) is 2. The molecular formula is C22H33ClN2O. The largest absolute Gasteiger partial charge is 0.339 e. The second kappa shape index (κ2) is 8.75. The standard InChI is InChI=1S/C22H32N2O.ClH/c1-2-20(17-7-4-3-5-8-17)21-9-6-12-24(21)22(25)15-16-13-18-10-11-19(14-16)23-18;/h3-5,7-8,16,18-21,23H,2,6,9-15H2,1H3;1H. The van der Waals surface area contributed by atoms with E-state index in [1.807, 2.05) is 0 Å². The number of halogens is 1. The van der Waals surface area contributed by atoms with Crippen LogP contribution < -0.4 is 5.32 Å². The van der Waals surface area contributed by atoms with Gasteiger partial charge in [0.25, 0.3) is 0 Å². The molecule has 3 aliphatic heterocycles. The van der Waals surface area contributed by atoms with Gasteiger partial charge < -0.3 is 10.2 Å². The first-order chi connectivity index (χ1) is 12.2. The Kier molecular flexibility index (Phi) is 6.63. The van der Waals surface area contributed by atoms with Gasteiger partial charge in [-0.15, -0.1) is 12.4 Å². The van der Waals surface area contributed by atoms with Crippen LogP contribution in [0.25, 0.3) is 0 Å². The van der Waals surface area contributed by atoms with Crippen LogP contribution in [0.1, 0.15) is 69.8 Å². The first kappa shape index (κ1) is 19.7. The molecule has 3 fully saturated rings. The third-order valence-electron chi connectivity index (χ3n) is 6.79. The van der Waals surface area contributed by atoms with Crippen molar-refractivity contribution in [3.8, 4) is 0 Å². The minimum absolute atomic E-state index is 0. The predicted molar refractivity (Wildman–Crippen MR) is 109 cm³/mol. The summed E-state index contributed by atoms with van der Waals surface area (Å²) in [5.74, 6) is 1.50. The molecule has 1 amide bonds. The fourth-order valence-electron chi connectivity index (χ4n) is 5.66. The number of hydrogen-bond donors (Lipinski definition) is 1. The fraction of sp³-hybridized carbons (Fsp3) is 0.682. The number of likely N-dealkylation sites (tertiary alicyclic amines) is 1. The summed E-state index contributed by atoms with van der Waals surface area (Å²) in [6.07, 6.45) is 9.24. The number of carbonyl (C=O) groups is 1. The number of amides is 1. The molecule has 0 spiro atoms. The first-order valence-corrected chi connectivity index (χ1v) is 10.3. The summed E-state index contributed by atoms with van der Waals surface area (Å²) in [5, 5.41) is 3.70. The van der Waals surface area contributed by atoms with Gasteiger partial charge in [0, 0.05) is 37.0 Å². The van der Waals surface area contributed by atoms with Crippen LogP contribution >= 0.6 is 12.4 Å². The van der Waals surface area contributed by atoms with Crippen molar-refractivity contribution in [2.24, 2.45) is 5.92 Å². The van der Waals surface area contributed by atoms with E-state index in [1.54, 1.807) is 0 Å². The van der Waals surface area contributed by atoms with E-state index in [1.165, 1.54) is 31.2 Å². The summed E-state index contributed by atoms with van der Waals surface area (Å²) in [5.41, 5.74) is 1.40. The zero-order chi connectivity index (χ0) is 17.2. The summed E-state index contributed by atoms with van der Waals surface area (Å²) in [6, 6.07) is 12.6. The molecule has 1 aromatic carbocycles. The van der Waals surface area contributed by atoms with Crippen LogP contribution in [0.4, 0.5) is 0 Å². The SMILES string of the molecule is CCC(c1ccccc1)C1CCCN1C(=O)CC1CC2CCC(C1)N2.Cl. The predicted octanol–water partition coefficient (Wildman–Crippen LogP) is 4.51. The van der Waals surface area contributed by atoms with Crippen molar-refractivity contribution in [2.45, 2.75) is 82.3 Å². The second-order valence-corrected chi connectivity index (χ2v) is 8.40. The number of piperidine rings is 1. The van der Waals surface area contributed by atoms with E-state index in [2.05, 4.69) is 47.5 Å². The van der Waals surface area contributed by atoms with E-state index >= 15 is 0 Å².